The van der Waals surface area contributed by atoms with Crippen molar-refractivity contribution in [1.82, 2.24) is 19.5 Å². The largest absolute Gasteiger partial charge is 0.357 e. The molecule has 0 aliphatic carbocycles. The number of para-hydroxylation sites is 3. The van der Waals surface area contributed by atoms with Crippen LogP contribution in [0.5, 0.6) is 0 Å². The van der Waals surface area contributed by atoms with E-state index < -0.39 is 0 Å². The van der Waals surface area contributed by atoms with E-state index in [2.05, 4.69) is 4.98 Å². The lowest BCUT2D eigenvalue weighted by Crippen LogP contribution is -2.34. The molecule has 0 saturated carbocycles. The summed E-state index contributed by atoms with van der Waals surface area (Å²) in [4.78, 5) is 43.9. The van der Waals surface area contributed by atoms with Crippen LogP contribution in [-0.4, -0.2) is 45.6 Å². The Morgan fingerprint density at radius 3 is 2.53 bits per heavy atom. The van der Waals surface area contributed by atoms with Gasteiger partial charge in [-0.3, -0.25) is 19.1 Å². The first-order chi connectivity index (χ1) is 15.5. The summed E-state index contributed by atoms with van der Waals surface area (Å²) in [6.45, 7) is 3.54. The number of carbonyl (C=O) groups excluding carboxylic acids is 1. The highest BCUT2D eigenvalue weighted by Crippen LogP contribution is 2.30. The number of nitrogens with zero attached hydrogens (tertiary/aromatic N) is 6. The molecule has 2 aromatic heterocycles. The molecule has 1 amide bonds. The Morgan fingerprint density at radius 2 is 1.75 bits per heavy atom. The number of amides is 1. The highest BCUT2D eigenvalue weighted by molar-refractivity contribution is 5.96. The Bertz CT molecular complexity index is 1400. The van der Waals surface area contributed by atoms with Gasteiger partial charge in [0.1, 0.15) is 0 Å². The number of benzene rings is 2. The van der Waals surface area contributed by atoms with Crippen LogP contribution in [0.3, 0.4) is 0 Å². The summed E-state index contributed by atoms with van der Waals surface area (Å²) < 4.78 is 1.51. The zero-order valence-corrected chi connectivity index (χ0v) is 18.2. The van der Waals surface area contributed by atoms with Crippen molar-refractivity contribution < 1.29 is 4.79 Å². The lowest BCUT2D eigenvalue weighted by atomic mass is 10.1. The fourth-order valence-electron chi connectivity index (χ4n) is 4.19. The second-order valence-corrected chi connectivity index (χ2v) is 8.14. The SMILES string of the molecule is Cc1cccc2c(=O)n(CCC(=O)N3CCCN(C)c4nc5ccccc5nc43)cnc12. The van der Waals surface area contributed by atoms with Gasteiger partial charge in [0, 0.05) is 33.1 Å². The predicted molar refractivity (Wildman–Crippen MR) is 125 cm³/mol. The Labute approximate surface area is 185 Å². The summed E-state index contributed by atoms with van der Waals surface area (Å²) in [6, 6.07) is 13.2. The van der Waals surface area contributed by atoms with E-state index in [9.17, 15) is 9.59 Å². The fourth-order valence-corrected chi connectivity index (χ4v) is 4.19. The molecule has 1 aliphatic heterocycles. The molecule has 5 rings (SSSR count). The summed E-state index contributed by atoms with van der Waals surface area (Å²) in [5.74, 6) is 1.20. The van der Waals surface area contributed by atoms with Crippen LogP contribution in [0.1, 0.15) is 18.4 Å². The molecular weight excluding hydrogens is 404 g/mol. The number of carbonyl (C=O) groups is 1. The highest BCUT2D eigenvalue weighted by atomic mass is 16.2. The van der Waals surface area contributed by atoms with Crippen LogP contribution in [0, 0.1) is 6.92 Å². The van der Waals surface area contributed by atoms with Crippen LogP contribution in [0.4, 0.5) is 11.6 Å². The molecule has 1 aliphatic rings. The Morgan fingerprint density at radius 1 is 1.00 bits per heavy atom. The number of anilines is 2. The Balaban J connectivity index is 1.44. The summed E-state index contributed by atoms with van der Waals surface area (Å²) in [5.41, 5.74) is 3.08. The summed E-state index contributed by atoms with van der Waals surface area (Å²) in [7, 11) is 1.97. The quantitative estimate of drug-likeness (QED) is 0.499. The molecule has 2 aromatic carbocycles. The highest BCUT2D eigenvalue weighted by Gasteiger charge is 2.26. The third-order valence-electron chi connectivity index (χ3n) is 5.95. The summed E-state index contributed by atoms with van der Waals surface area (Å²) >= 11 is 0. The van der Waals surface area contributed by atoms with Crippen LogP contribution in [0.2, 0.25) is 0 Å². The fraction of sp³-hybridized carbons (Fsp3) is 0.292. The molecule has 0 bridgehead atoms. The van der Waals surface area contributed by atoms with Crippen LogP contribution in [0.15, 0.2) is 53.6 Å². The minimum Gasteiger partial charge on any atom is -0.357 e. The second kappa shape index (κ2) is 8.03. The van der Waals surface area contributed by atoms with E-state index in [1.54, 1.807) is 11.0 Å². The van der Waals surface area contributed by atoms with Gasteiger partial charge in [-0.15, -0.1) is 0 Å². The maximum absolute atomic E-state index is 13.3. The van der Waals surface area contributed by atoms with Crippen LogP contribution in [-0.2, 0) is 11.3 Å². The minimum absolute atomic E-state index is 0.0811. The van der Waals surface area contributed by atoms with E-state index in [0.717, 1.165) is 29.6 Å². The van der Waals surface area contributed by atoms with E-state index in [1.165, 1.54) is 10.9 Å². The molecule has 0 spiro atoms. The van der Waals surface area contributed by atoms with Crippen molar-refractivity contribution in [2.45, 2.75) is 26.3 Å². The van der Waals surface area contributed by atoms with Crippen LogP contribution >= 0.6 is 0 Å². The minimum atomic E-state index is -0.131. The zero-order valence-electron chi connectivity index (χ0n) is 18.2. The van der Waals surface area contributed by atoms with E-state index in [1.807, 2.05) is 55.3 Å². The molecule has 4 aromatic rings. The average Bonchev–Trinajstić information content (AvgIpc) is 2.96. The van der Waals surface area contributed by atoms with Gasteiger partial charge in [0.2, 0.25) is 5.91 Å². The maximum atomic E-state index is 13.3. The molecule has 0 radical (unpaired) electrons. The molecule has 3 heterocycles. The van der Waals surface area contributed by atoms with Gasteiger partial charge in [-0.1, -0.05) is 24.3 Å². The molecule has 8 nitrogen and oxygen atoms in total. The van der Waals surface area contributed by atoms with Gasteiger partial charge in [0.05, 0.1) is 28.3 Å². The monoisotopic (exact) mass is 428 g/mol. The molecule has 0 fully saturated rings. The number of aryl methyl sites for hydroxylation is 2. The van der Waals surface area contributed by atoms with E-state index in [4.69, 9.17) is 9.97 Å². The standard InChI is InChI=1S/C24H24N6O2/c1-16-7-5-8-17-21(16)25-15-29(24(17)32)14-11-20(31)30-13-6-12-28(2)22-23(30)27-19-10-4-3-9-18(19)26-22/h3-5,7-10,15H,6,11-14H2,1-2H3. The van der Waals surface area contributed by atoms with Crippen LogP contribution in [0.25, 0.3) is 21.9 Å². The van der Waals surface area contributed by atoms with Crippen molar-refractivity contribution in [3.8, 4) is 0 Å². The van der Waals surface area contributed by atoms with Gasteiger partial charge in [-0.05, 0) is 37.1 Å². The normalized spacial score (nSPS) is 13.9. The van der Waals surface area contributed by atoms with Gasteiger partial charge in [-0.25, -0.2) is 15.0 Å². The topological polar surface area (TPSA) is 84.2 Å². The van der Waals surface area contributed by atoms with Crippen LogP contribution < -0.4 is 15.4 Å². The Kier molecular flexibility index (Phi) is 5.05. The number of hydrogen-bond acceptors (Lipinski definition) is 6. The molecule has 162 valence electrons. The first kappa shape index (κ1) is 20.1. The predicted octanol–water partition coefficient (Wildman–Crippen LogP) is 2.91. The van der Waals surface area contributed by atoms with E-state index in [0.29, 0.717) is 29.1 Å². The Hall–Kier alpha value is -3.81. The van der Waals surface area contributed by atoms with Crippen molar-refractivity contribution in [2.75, 3.05) is 29.9 Å². The smallest absolute Gasteiger partial charge is 0.261 e. The lowest BCUT2D eigenvalue weighted by molar-refractivity contribution is -0.118. The van der Waals surface area contributed by atoms with Crippen molar-refractivity contribution in [2.24, 2.45) is 0 Å². The molecule has 0 saturated heterocycles. The summed E-state index contributed by atoms with van der Waals surface area (Å²) in [5, 5.41) is 0.569. The van der Waals surface area contributed by atoms with Crippen molar-refractivity contribution >= 4 is 39.5 Å². The van der Waals surface area contributed by atoms with Gasteiger partial charge < -0.3 is 4.90 Å². The molecule has 32 heavy (non-hydrogen) atoms. The molecule has 0 N–H and O–H groups in total. The molecule has 0 unspecified atom stereocenters. The number of hydrogen-bond donors (Lipinski definition) is 0. The molecule has 0 atom stereocenters. The van der Waals surface area contributed by atoms with Crippen molar-refractivity contribution in [3.63, 3.8) is 0 Å². The maximum Gasteiger partial charge on any atom is 0.261 e. The second-order valence-electron chi connectivity index (χ2n) is 8.14. The van der Waals surface area contributed by atoms with Crippen molar-refractivity contribution in [1.29, 1.82) is 0 Å². The first-order valence-electron chi connectivity index (χ1n) is 10.8. The zero-order chi connectivity index (χ0) is 22.2. The van der Waals surface area contributed by atoms with Gasteiger partial charge in [0.25, 0.3) is 5.56 Å². The van der Waals surface area contributed by atoms with Gasteiger partial charge in [0.15, 0.2) is 11.6 Å². The van der Waals surface area contributed by atoms with Gasteiger partial charge in [-0.2, -0.15) is 0 Å². The van der Waals surface area contributed by atoms with E-state index >= 15 is 0 Å². The van der Waals surface area contributed by atoms with Gasteiger partial charge >= 0.3 is 0 Å². The van der Waals surface area contributed by atoms with Crippen molar-refractivity contribution in [3.05, 3.63) is 64.7 Å². The average molecular weight is 428 g/mol. The third-order valence-corrected chi connectivity index (χ3v) is 5.95. The number of aromatic nitrogens is 4. The number of fused-ring (bicyclic) bond motifs is 3. The molecule has 8 heteroatoms. The summed E-state index contributed by atoms with van der Waals surface area (Å²) in [6.07, 6.45) is 2.52. The first-order valence-corrected chi connectivity index (χ1v) is 10.8. The van der Waals surface area contributed by atoms with E-state index in [-0.39, 0.29) is 24.4 Å². The lowest BCUT2D eigenvalue weighted by Gasteiger charge is -2.23. The third kappa shape index (κ3) is 3.47. The molecular formula is C24H24N6O2. The number of rotatable bonds is 3.